The minimum absolute atomic E-state index is 0.0427. The standard InChI is InChI=1S/C18H16ClF3N2O3S/c19-14-2-1-3-15(21)13(14)11-18(25)23-6-8-24(9-7-23)28(26,27)17-10-12(20)4-5-16(17)22/h1-5,10H,6-9,11H2. The van der Waals surface area contributed by atoms with Gasteiger partial charge >= 0.3 is 0 Å². The Kier molecular flexibility index (Phi) is 5.97. The van der Waals surface area contributed by atoms with Crippen LogP contribution < -0.4 is 0 Å². The molecule has 1 aliphatic heterocycles. The lowest BCUT2D eigenvalue weighted by Crippen LogP contribution is -2.51. The number of halogens is 4. The number of sulfonamides is 1. The average molecular weight is 433 g/mol. The van der Waals surface area contributed by atoms with Gasteiger partial charge in [0.1, 0.15) is 22.3 Å². The monoisotopic (exact) mass is 432 g/mol. The first-order chi connectivity index (χ1) is 13.2. The molecule has 5 nitrogen and oxygen atoms in total. The van der Waals surface area contributed by atoms with Gasteiger partial charge in [0.15, 0.2) is 0 Å². The molecule has 28 heavy (non-hydrogen) atoms. The van der Waals surface area contributed by atoms with Gasteiger partial charge in [-0.15, -0.1) is 0 Å². The molecule has 0 bridgehead atoms. The van der Waals surface area contributed by atoms with E-state index in [1.165, 1.54) is 23.1 Å². The summed E-state index contributed by atoms with van der Waals surface area (Å²) in [7, 11) is -4.24. The molecule has 10 heteroatoms. The highest BCUT2D eigenvalue weighted by Crippen LogP contribution is 2.23. The molecule has 1 heterocycles. The zero-order valence-corrected chi connectivity index (χ0v) is 16.1. The predicted molar refractivity (Wildman–Crippen MR) is 96.8 cm³/mol. The van der Waals surface area contributed by atoms with E-state index in [4.69, 9.17) is 11.6 Å². The van der Waals surface area contributed by atoms with Gasteiger partial charge < -0.3 is 4.90 Å². The zero-order chi connectivity index (χ0) is 20.5. The van der Waals surface area contributed by atoms with Crippen molar-refractivity contribution < 1.29 is 26.4 Å². The van der Waals surface area contributed by atoms with E-state index in [0.29, 0.717) is 6.07 Å². The highest BCUT2D eigenvalue weighted by atomic mass is 35.5. The lowest BCUT2D eigenvalue weighted by molar-refractivity contribution is -0.131. The zero-order valence-electron chi connectivity index (χ0n) is 14.5. The van der Waals surface area contributed by atoms with E-state index >= 15 is 0 Å². The number of carbonyl (C=O) groups excluding carboxylic acids is 1. The molecule has 2 aromatic carbocycles. The molecule has 3 rings (SSSR count). The van der Waals surface area contributed by atoms with Crippen molar-refractivity contribution in [3.63, 3.8) is 0 Å². The van der Waals surface area contributed by atoms with E-state index < -0.39 is 38.3 Å². The number of amides is 1. The van der Waals surface area contributed by atoms with E-state index in [0.717, 1.165) is 16.4 Å². The minimum atomic E-state index is -4.24. The van der Waals surface area contributed by atoms with E-state index in [2.05, 4.69) is 0 Å². The Bertz CT molecular complexity index is 989. The van der Waals surface area contributed by atoms with Gasteiger partial charge in [-0.3, -0.25) is 4.79 Å². The van der Waals surface area contributed by atoms with Crippen LogP contribution in [-0.2, 0) is 21.2 Å². The normalized spacial score (nSPS) is 15.6. The molecule has 0 aromatic heterocycles. The summed E-state index contributed by atoms with van der Waals surface area (Å²) in [6.45, 7) is -0.0911. The fourth-order valence-electron chi connectivity index (χ4n) is 2.96. The summed E-state index contributed by atoms with van der Waals surface area (Å²) in [6.07, 6.45) is -0.253. The molecular weight excluding hydrogens is 417 g/mol. The Morgan fingerprint density at radius 1 is 1.00 bits per heavy atom. The minimum Gasteiger partial charge on any atom is -0.340 e. The quantitative estimate of drug-likeness (QED) is 0.746. The van der Waals surface area contributed by atoms with Crippen molar-refractivity contribution in [2.24, 2.45) is 0 Å². The van der Waals surface area contributed by atoms with Crippen molar-refractivity contribution in [1.82, 2.24) is 9.21 Å². The maximum absolute atomic E-state index is 13.9. The van der Waals surface area contributed by atoms with Gasteiger partial charge in [-0.05, 0) is 30.3 Å². The van der Waals surface area contributed by atoms with Crippen LogP contribution in [0.25, 0.3) is 0 Å². The number of hydrogen-bond donors (Lipinski definition) is 0. The number of benzene rings is 2. The van der Waals surface area contributed by atoms with Crippen LogP contribution in [-0.4, -0.2) is 49.7 Å². The third kappa shape index (κ3) is 4.16. The molecule has 0 radical (unpaired) electrons. The molecule has 150 valence electrons. The molecule has 1 aliphatic rings. The second-order valence-electron chi connectivity index (χ2n) is 6.24. The van der Waals surface area contributed by atoms with E-state index in [1.807, 2.05) is 0 Å². The number of piperazine rings is 1. The van der Waals surface area contributed by atoms with Gasteiger partial charge in [0, 0.05) is 36.8 Å². The Balaban J connectivity index is 1.69. The summed E-state index contributed by atoms with van der Waals surface area (Å²) in [5.74, 6) is -2.91. The van der Waals surface area contributed by atoms with Gasteiger partial charge in [-0.2, -0.15) is 4.31 Å². The first-order valence-electron chi connectivity index (χ1n) is 8.36. The SMILES string of the molecule is O=C(Cc1c(F)cccc1Cl)N1CCN(S(=O)(=O)c2cc(F)ccc2F)CC1. The molecule has 0 aliphatic carbocycles. The van der Waals surface area contributed by atoms with Gasteiger partial charge in [-0.25, -0.2) is 21.6 Å². The number of carbonyl (C=O) groups is 1. The van der Waals surface area contributed by atoms with Gasteiger partial charge in [0.05, 0.1) is 6.42 Å². The molecule has 0 spiro atoms. The third-order valence-corrected chi connectivity index (χ3v) is 6.76. The summed E-state index contributed by atoms with van der Waals surface area (Å²) >= 11 is 5.93. The first-order valence-corrected chi connectivity index (χ1v) is 10.2. The Morgan fingerprint density at radius 2 is 1.68 bits per heavy atom. The van der Waals surface area contributed by atoms with Gasteiger partial charge in [0.25, 0.3) is 0 Å². The summed E-state index contributed by atoms with van der Waals surface area (Å²) < 4.78 is 67.2. The summed E-state index contributed by atoms with van der Waals surface area (Å²) in [5, 5.41) is 0.135. The van der Waals surface area contributed by atoms with Crippen LogP contribution in [0.5, 0.6) is 0 Å². The maximum atomic E-state index is 13.9. The van der Waals surface area contributed by atoms with Crippen LogP contribution in [0, 0.1) is 17.5 Å². The largest absolute Gasteiger partial charge is 0.340 e. The first kappa shape index (κ1) is 20.6. The summed E-state index contributed by atoms with van der Waals surface area (Å²) in [4.78, 5) is 13.1. The molecule has 2 aromatic rings. The lowest BCUT2D eigenvalue weighted by atomic mass is 10.1. The highest BCUT2D eigenvalue weighted by Gasteiger charge is 2.32. The molecular formula is C18H16ClF3N2O3S. The maximum Gasteiger partial charge on any atom is 0.246 e. The Hall–Kier alpha value is -2.10. The van der Waals surface area contributed by atoms with Crippen LogP contribution >= 0.6 is 11.6 Å². The number of nitrogens with zero attached hydrogens (tertiary/aromatic N) is 2. The van der Waals surface area contributed by atoms with E-state index in [-0.39, 0.29) is 43.2 Å². The van der Waals surface area contributed by atoms with Crippen LogP contribution in [0.15, 0.2) is 41.3 Å². The smallest absolute Gasteiger partial charge is 0.246 e. The van der Waals surface area contributed by atoms with Crippen LogP contribution in [0.1, 0.15) is 5.56 Å². The fraction of sp³-hybridized carbons (Fsp3) is 0.278. The van der Waals surface area contributed by atoms with Crippen LogP contribution in [0.4, 0.5) is 13.2 Å². The van der Waals surface area contributed by atoms with Crippen molar-refractivity contribution in [2.45, 2.75) is 11.3 Å². The van der Waals surface area contributed by atoms with Crippen LogP contribution in [0.2, 0.25) is 5.02 Å². The van der Waals surface area contributed by atoms with Crippen molar-refractivity contribution in [2.75, 3.05) is 26.2 Å². The Labute approximate surface area is 165 Å². The van der Waals surface area contributed by atoms with Crippen molar-refractivity contribution >= 4 is 27.5 Å². The molecule has 0 N–H and O–H groups in total. The molecule has 1 saturated heterocycles. The van der Waals surface area contributed by atoms with E-state index in [9.17, 15) is 26.4 Å². The van der Waals surface area contributed by atoms with Crippen molar-refractivity contribution in [3.8, 4) is 0 Å². The van der Waals surface area contributed by atoms with E-state index in [1.54, 1.807) is 0 Å². The molecule has 0 atom stereocenters. The lowest BCUT2D eigenvalue weighted by Gasteiger charge is -2.34. The summed E-state index contributed by atoms with van der Waals surface area (Å²) in [5.41, 5.74) is 0.0750. The molecule has 0 unspecified atom stereocenters. The van der Waals surface area contributed by atoms with Gasteiger partial charge in [0.2, 0.25) is 15.9 Å². The fourth-order valence-corrected chi connectivity index (χ4v) is 4.68. The van der Waals surface area contributed by atoms with Crippen LogP contribution in [0.3, 0.4) is 0 Å². The second kappa shape index (κ2) is 8.10. The second-order valence-corrected chi connectivity index (χ2v) is 8.55. The average Bonchev–Trinajstić information content (AvgIpc) is 2.66. The number of hydrogen-bond acceptors (Lipinski definition) is 3. The third-order valence-electron chi connectivity index (χ3n) is 4.49. The summed E-state index contributed by atoms with van der Waals surface area (Å²) in [6, 6.07) is 6.32. The molecule has 0 saturated carbocycles. The highest BCUT2D eigenvalue weighted by molar-refractivity contribution is 7.89. The number of rotatable bonds is 4. The molecule has 1 fully saturated rings. The topological polar surface area (TPSA) is 57.7 Å². The Morgan fingerprint density at radius 3 is 2.32 bits per heavy atom. The van der Waals surface area contributed by atoms with Crippen molar-refractivity contribution in [3.05, 3.63) is 64.4 Å². The predicted octanol–water partition coefficient (Wildman–Crippen LogP) is 2.83. The van der Waals surface area contributed by atoms with Crippen molar-refractivity contribution in [1.29, 1.82) is 0 Å². The van der Waals surface area contributed by atoms with Gasteiger partial charge in [-0.1, -0.05) is 17.7 Å². The molecule has 1 amide bonds.